The second kappa shape index (κ2) is 7.12. The van der Waals surface area contributed by atoms with Gasteiger partial charge in [-0.1, -0.05) is 38.2 Å². The molecule has 1 aliphatic carbocycles. The number of aryl methyl sites for hydroxylation is 2. The first-order valence-corrected chi connectivity index (χ1v) is 8.11. The first-order valence-electron chi connectivity index (χ1n) is 8.11. The number of anilines is 1. The molecule has 0 aromatic heterocycles. The third kappa shape index (κ3) is 3.99. The lowest BCUT2D eigenvalue weighted by molar-refractivity contribution is 0.316. The van der Waals surface area contributed by atoms with Crippen LogP contribution in [-0.4, -0.2) is 19.6 Å². The molecular weight excluding hydrogens is 244 g/mol. The van der Waals surface area contributed by atoms with Crippen molar-refractivity contribution in [1.29, 1.82) is 0 Å². The van der Waals surface area contributed by atoms with E-state index in [2.05, 4.69) is 44.0 Å². The maximum absolute atomic E-state index is 6.06. The first-order chi connectivity index (χ1) is 9.60. The smallest absolute Gasteiger partial charge is 0.0411 e. The van der Waals surface area contributed by atoms with Crippen LogP contribution >= 0.6 is 0 Å². The zero-order valence-electron chi connectivity index (χ0n) is 13.4. The van der Waals surface area contributed by atoms with Gasteiger partial charge in [-0.25, -0.2) is 0 Å². The van der Waals surface area contributed by atoms with E-state index in [1.807, 2.05) is 0 Å². The molecule has 0 aliphatic heterocycles. The minimum absolute atomic E-state index is 0.472. The van der Waals surface area contributed by atoms with E-state index in [-0.39, 0.29) is 0 Å². The molecule has 20 heavy (non-hydrogen) atoms. The Balaban J connectivity index is 2.05. The Morgan fingerprint density at radius 2 is 1.70 bits per heavy atom. The molecule has 1 unspecified atom stereocenters. The third-order valence-corrected chi connectivity index (χ3v) is 4.76. The van der Waals surface area contributed by atoms with E-state index in [4.69, 9.17) is 5.73 Å². The van der Waals surface area contributed by atoms with Crippen LogP contribution in [0.1, 0.15) is 49.7 Å². The molecule has 112 valence electrons. The first kappa shape index (κ1) is 15.4. The van der Waals surface area contributed by atoms with Crippen LogP contribution in [0.15, 0.2) is 18.2 Å². The molecule has 1 fully saturated rings. The van der Waals surface area contributed by atoms with E-state index in [0.717, 1.165) is 12.5 Å². The number of rotatable bonds is 5. The Labute approximate surface area is 124 Å². The van der Waals surface area contributed by atoms with Crippen molar-refractivity contribution in [3.05, 3.63) is 29.3 Å². The highest BCUT2D eigenvalue weighted by molar-refractivity contribution is 5.51. The maximum atomic E-state index is 6.06. The van der Waals surface area contributed by atoms with Crippen LogP contribution in [-0.2, 0) is 0 Å². The van der Waals surface area contributed by atoms with Crippen molar-refractivity contribution in [1.82, 2.24) is 0 Å². The number of hydrogen-bond acceptors (Lipinski definition) is 2. The van der Waals surface area contributed by atoms with Crippen molar-refractivity contribution < 1.29 is 0 Å². The molecule has 2 nitrogen and oxygen atoms in total. The van der Waals surface area contributed by atoms with Crippen LogP contribution in [0.25, 0.3) is 0 Å². The van der Waals surface area contributed by atoms with Crippen LogP contribution in [0.4, 0.5) is 5.69 Å². The lowest BCUT2D eigenvalue weighted by Crippen LogP contribution is -2.39. The lowest BCUT2D eigenvalue weighted by Gasteiger charge is -2.33. The third-order valence-electron chi connectivity index (χ3n) is 4.76. The predicted octanol–water partition coefficient (Wildman–Crippen LogP) is 4.04. The molecule has 1 saturated carbocycles. The molecule has 1 aromatic carbocycles. The zero-order chi connectivity index (χ0) is 14.5. The highest BCUT2D eigenvalue weighted by Gasteiger charge is 2.21. The molecule has 1 aliphatic rings. The van der Waals surface area contributed by atoms with Gasteiger partial charge in [-0.05, 0) is 49.4 Å². The van der Waals surface area contributed by atoms with Crippen molar-refractivity contribution >= 4 is 5.69 Å². The second-order valence-electron chi connectivity index (χ2n) is 6.59. The number of hydrogen-bond donors (Lipinski definition) is 1. The van der Waals surface area contributed by atoms with E-state index in [1.54, 1.807) is 0 Å². The number of nitrogens with zero attached hydrogens (tertiary/aromatic N) is 1. The summed E-state index contributed by atoms with van der Waals surface area (Å²) >= 11 is 0. The summed E-state index contributed by atoms with van der Waals surface area (Å²) in [5.41, 5.74) is 10.0. The zero-order valence-corrected chi connectivity index (χ0v) is 13.4. The second-order valence-corrected chi connectivity index (χ2v) is 6.59. The van der Waals surface area contributed by atoms with Gasteiger partial charge in [-0.15, -0.1) is 0 Å². The summed E-state index contributed by atoms with van der Waals surface area (Å²) in [4.78, 5) is 2.40. The van der Waals surface area contributed by atoms with Crippen molar-refractivity contribution in [2.45, 2.75) is 58.4 Å². The SMILES string of the molecule is Cc1cc(C)cc(N(C)C(CN)CC2CCCCC2)c1. The van der Waals surface area contributed by atoms with E-state index in [0.29, 0.717) is 6.04 Å². The molecule has 2 rings (SSSR count). The van der Waals surface area contributed by atoms with Crippen LogP contribution in [0.5, 0.6) is 0 Å². The van der Waals surface area contributed by atoms with Gasteiger partial charge in [-0.2, -0.15) is 0 Å². The van der Waals surface area contributed by atoms with Crippen molar-refractivity contribution in [2.75, 3.05) is 18.5 Å². The summed E-state index contributed by atoms with van der Waals surface area (Å²) in [5.74, 6) is 0.880. The van der Waals surface area contributed by atoms with Crippen molar-refractivity contribution in [2.24, 2.45) is 11.7 Å². The van der Waals surface area contributed by atoms with Gasteiger partial charge in [0, 0.05) is 25.3 Å². The topological polar surface area (TPSA) is 29.3 Å². The molecular formula is C18H30N2. The molecule has 2 heteroatoms. The fourth-order valence-electron chi connectivity index (χ4n) is 3.59. The number of likely N-dealkylation sites (N-methyl/N-ethyl adjacent to an activating group) is 1. The average Bonchev–Trinajstić information content (AvgIpc) is 2.44. The fourth-order valence-corrected chi connectivity index (χ4v) is 3.59. The predicted molar refractivity (Wildman–Crippen MR) is 88.4 cm³/mol. The summed E-state index contributed by atoms with van der Waals surface area (Å²) in [6.45, 7) is 5.09. The van der Waals surface area contributed by atoms with Gasteiger partial charge >= 0.3 is 0 Å². The molecule has 1 atom stereocenters. The molecule has 1 aromatic rings. The van der Waals surface area contributed by atoms with Gasteiger partial charge in [-0.3, -0.25) is 0 Å². The number of benzene rings is 1. The normalized spacial score (nSPS) is 18.0. The van der Waals surface area contributed by atoms with Gasteiger partial charge < -0.3 is 10.6 Å². The standard InChI is InChI=1S/C18H30N2/c1-14-9-15(2)11-17(10-14)20(3)18(13-19)12-16-7-5-4-6-8-16/h9-11,16,18H,4-8,12-13,19H2,1-3H3. The molecule has 0 radical (unpaired) electrons. The van der Waals surface area contributed by atoms with Crippen LogP contribution < -0.4 is 10.6 Å². The summed E-state index contributed by atoms with van der Waals surface area (Å²) in [5, 5.41) is 0. The highest BCUT2D eigenvalue weighted by Crippen LogP contribution is 2.29. The van der Waals surface area contributed by atoms with Gasteiger partial charge in [0.25, 0.3) is 0 Å². The van der Waals surface area contributed by atoms with Gasteiger partial charge in [0.2, 0.25) is 0 Å². The van der Waals surface area contributed by atoms with Gasteiger partial charge in [0.05, 0.1) is 0 Å². The Morgan fingerprint density at radius 1 is 1.10 bits per heavy atom. The van der Waals surface area contributed by atoms with Crippen molar-refractivity contribution in [3.63, 3.8) is 0 Å². The van der Waals surface area contributed by atoms with E-state index in [9.17, 15) is 0 Å². The van der Waals surface area contributed by atoms with Crippen molar-refractivity contribution in [3.8, 4) is 0 Å². The Kier molecular flexibility index (Phi) is 5.47. The fraction of sp³-hybridized carbons (Fsp3) is 0.667. The van der Waals surface area contributed by atoms with Crippen LogP contribution in [0.3, 0.4) is 0 Å². The van der Waals surface area contributed by atoms with E-state index in [1.165, 1.54) is 55.3 Å². The monoisotopic (exact) mass is 274 g/mol. The summed E-state index contributed by atoms with van der Waals surface area (Å²) < 4.78 is 0. The quantitative estimate of drug-likeness (QED) is 0.878. The Bertz CT molecular complexity index is 401. The molecule has 2 N–H and O–H groups in total. The number of nitrogens with two attached hydrogens (primary N) is 1. The highest BCUT2D eigenvalue weighted by atomic mass is 15.1. The Hall–Kier alpha value is -1.02. The lowest BCUT2D eigenvalue weighted by atomic mass is 9.84. The maximum Gasteiger partial charge on any atom is 0.0411 e. The molecule has 0 amide bonds. The molecule has 0 heterocycles. The average molecular weight is 274 g/mol. The summed E-state index contributed by atoms with van der Waals surface area (Å²) in [7, 11) is 2.20. The molecule has 0 saturated heterocycles. The van der Waals surface area contributed by atoms with Gasteiger partial charge in [0.1, 0.15) is 0 Å². The summed E-state index contributed by atoms with van der Waals surface area (Å²) in [6.07, 6.45) is 8.30. The van der Waals surface area contributed by atoms with Crippen LogP contribution in [0, 0.1) is 19.8 Å². The molecule has 0 bridgehead atoms. The largest absolute Gasteiger partial charge is 0.370 e. The Morgan fingerprint density at radius 3 is 2.25 bits per heavy atom. The summed E-state index contributed by atoms with van der Waals surface area (Å²) in [6, 6.07) is 7.25. The minimum Gasteiger partial charge on any atom is -0.370 e. The van der Waals surface area contributed by atoms with E-state index >= 15 is 0 Å². The molecule has 0 spiro atoms. The van der Waals surface area contributed by atoms with E-state index < -0.39 is 0 Å². The van der Waals surface area contributed by atoms with Crippen LogP contribution in [0.2, 0.25) is 0 Å². The van der Waals surface area contributed by atoms with Gasteiger partial charge in [0.15, 0.2) is 0 Å². The minimum atomic E-state index is 0.472.